The van der Waals surface area contributed by atoms with E-state index in [1.165, 1.54) is 10.9 Å². The number of nitrogens with one attached hydrogen (secondary N) is 1. The van der Waals surface area contributed by atoms with Crippen molar-refractivity contribution in [3.05, 3.63) is 64.8 Å². The van der Waals surface area contributed by atoms with Gasteiger partial charge in [-0.1, -0.05) is 35.8 Å². The summed E-state index contributed by atoms with van der Waals surface area (Å²) >= 11 is 3.40. The Morgan fingerprint density at radius 2 is 1.75 bits per heavy atom. The first-order valence-corrected chi connectivity index (χ1v) is 8.92. The summed E-state index contributed by atoms with van der Waals surface area (Å²) in [7, 11) is 0. The quantitative estimate of drug-likeness (QED) is 0.612. The van der Waals surface area contributed by atoms with Gasteiger partial charge in [0.1, 0.15) is 6.04 Å². The van der Waals surface area contributed by atoms with Gasteiger partial charge in [-0.25, -0.2) is 0 Å². The molecule has 3 nitrogen and oxygen atoms in total. The number of fused-ring (bicyclic) bond motifs is 1. The Balaban J connectivity index is 1.83. The van der Waals surface area contributed by atoms with Gasteiger partial charge >= 0.3 is 0 Å². The third-order valence-electron chi connectivity index (χ3n) is 4.32. The topological polar surface area (TPSA) is 34.0 Å². The highest BCUT2D eigenvalue weighted by Crippen LogP contribution is 2.25. The first kappa shape index (κ1) is 16.8. The summed E-state index contributed by atoms with van der Waals surface area (Å²) in [6, 6.07) is 15.8. The van der Waals surface area contributed by atoms with Crippen molar-refractivity contribution in [1.29, 1.82) is 0 Å². The number of rotatable bonds is 4. The Hall–Kier alpha value is -2.07. The molecule has 1 atom stereocenters. The van der Waals surface area contributed by atoms with Gasteiger partial charge < -0.3 is 9.88 Å². The summed E-state index contributed by atoms with van der Waals surface area (Å²) in [4.78, 5) is 12.6. The predicted molar refractivity (Wildman–Crippen MR) is 104 cm³/mol. The van der Waals surface area contributed by atoms with Crippen LogP contribution in [0.1, 0.15) is 38.3 Å². The van der Waals surface area contributed by atoms with Gasteiger partial charge in [0.15, 0.2) is 0 Å². The van der Waals surface area contributed by atoms with E-state index in [-0.39, 0.29) is 11.9 Å². The van der Waals surface area contributed by atoms with Gasteiger partial charge in [0.25, 0.3) is 0 Å². The van der Waals surface area contributed by atoms with Crippen LogP contribution in [-0.2, 0) is 4.79 Å². The number of carbonyl (C=O) groups is 1. The van der Waals surface area contributed by atoms with Crippen LogP contribution in [-0.4, -0.2) is 10.5 Å². The fourth-order valence-corrected chi connectivity index (χ4v) is 3.05. The zero-order valence-electron chi connectivity index (χ0n) is 14.1. The molecule has 0 fully saturated rings. The molecule has 1 heterocycles. The molecule has 24 heavy (non-hydrogen) atoms. The molecule has 3 rings (SSSR count). The van der Waals surface area contributed by atoms with E-state index in [9.17, 15) is 4.79 Å². The molecule has 4 heteroatoms. The minimum absolute atomic E-state index is 0.0252. The van der Waals surface area contributed by atoms with Crippen LogP contribution in [0.3, 0.4) is 0 Å². The van der Waals surface area contributed by atoms with Crippen LogP contribution in [0.5, 0.6) is 0 Å². The zero-order chi connectivity index (χ0) is 17.3. The van der Waals surface area contributed by atoms with Gasteiger partial charge in [-0.15, -0.1) is 0 Å². The molecule has 1 amide bonds. The van der Waals surface area contributed by atoms with E-state index in [2.05, 4.69) is 59.4 Å². The van der Waals surface area contributed by atoms with Crippen LogP contribution in [0, 0.1) is 0 Å². The number of aromatic nitrogens is 1. The smallest absolute Gasteiger partial charge is 0.247 e. The summed E-state index contributed by atoms with van der Waals surface area (Å²) in [5, 5.41) is 4.14. The maximum absolute atomic E-state index is 12.6. The molecule has 3 aromatic rings. The van der Waals surface area contributed by atoms with E-state index in [0.29, 0.717) is 5.92 Å². The average molecular weight is 385 g/mol. The van der Waals surface area contributed by atoms with Crippen molar-refractivity contribution < 1.29 is 4.79 Å². The van der Waals surface area contributed by atoms with Gasteiger partial charge in [0.05, 0.1) is 0 Å². The van der Waals surface area contributed by atoms with Crippen molar-refractivity contribution in [1.82, 2.24) is 4.57 Å². The maximum atomic E-state index is 12.6. The largest absolute Gasteiger partial charge is 0.335 e. The van der Waals surface area contributed by atoms with Crippen LogP contribution in [0.2, 0.25) is 0 Å². The van der Waals surface area contributed by atoms with Gasteiger partial charge in [0.2, 0.25) is 5.91 Å². The lowest BCUT2D eigenvalue weighted by molar-refractivity contribution is -0.118. The number of anilines is 1. The minimum Gasteiger partial charge on any atom is -0.335 e. The number of carbonyl (C=O) groups excluding carboxylic acids is 1. The molecule has 2 aromatic carbocycles. The molecular formula is C20H21BrN2O. The standard InChI is InChI=1S/C20H21BrN2O/c1-13(2)15-4-9-19-16(12-15)10-11-23(19)14(3)20(24)22-18-7-5-17(21)6-8-18/h4-14H,1-3H3,(H,22,24). The molecule has 0 aliphatic carbocycles. The Labute approximate surface area is 150 Å². The lowest BCUT2D eigenvalue weighted by Gasteiger charge is -2.16. The van der Waals surface area contributed by atoms with Gasteiger partial charge in [0, 0.05) is 21.9 Å². The molecule has 0 aliphatic heterocycles. The third kappa shape index (κ3) is 3.39. The summed E-state index contributed by atoms with van der Waals surface area (Å²) in [6.07, 6.45) is 1.99. The van der Waals surface area contributed by atoms with Crippen molar-refractivity contribution in [3.8, 4) is 0 Å². The van der Waals surface area contributed by atoms with E-state index >= 15 is 0 Å². The maximum Gasteiger partial charge on any atom is 0.247 e. The molecule has 0 spiro atoms. The van der Waals surface area contributed by atoms with Gasteiger partial charge in [-0.3, -0.25) is 4.79 Å². The van der Waals surface area contributed by atoms with Crippen LogP contribution in [0.4, 0.5) is 5.69 Å². The highest BCUT2D eigenvalue weighted by atomic mass is 79.9. The zero-order valence-corrected chi connectivity index (χ0v) is 15.7. The minimum atomic E-state index is -0.281. The Kier molecular flexibility index (Phi) is 4.76. The van der Waals surface area contributed by atoms with E-state index in [4.69, 9.17) is 0 Å². The number of hydrogen-bond donors (Lipinski definition) is 1. The van der Waals surface area contributed by atoms with E-state index < -0.39 is 0 Å². The number of hydrogen-bond acceptors (Lipinski definition) is 1. The molecule has 0 aliphatic rings. The Morgan fingerprint density at radius 1 is 1.04 bits per heavy atom. The van der Waals surface area contributed by atoms with Crippen molar-refractivity contribution in [2.75, 3.05) is 5.32 Å². The van der Waals surface area contributed by atoms with E-state index in [1.807, 2.05) is 42.0 Å². The fraction of sp³-hybridized carbons (Fsp3) is 0.250. The van der Waals surface area contributed by atoms with Crippen molar-refractivity contribution >= 4 is 38.4 Å². The highest BCUT2D eigenvalue weighted by molar-refractivity contribution is 9.10. The summed E-state index contributed by atoms with van der Waals surface area (Å²) in [5.41, 5.74) is 3.19. The second-order valence-corrected chi connectivity index (χ2v) is 7.28. The molecule has 1 aromatic heterocycles. The van der Waals surface area contributed by atoms with Crippen LogP contribution >= 0.6 is 15.9 Å². The normalized spacial score (nSPS) is 12.5. The Bertz CT molecular complexity index is 865. The Morgan fingerprint density at radius 3 is 2.42 bits per heavy atom. The second kappa shape index (κ2) is 6.81. The second-order valence-electron chi connectivity index (χ2n) is 6.37. The molecule has 0 saturated carbocycles. The van der Waals surface area contributed by atoms with Gasteiger partial charge in [-0.2, -0.15) is 0 Å². The number of amides is 1. The first-order valence-electron chi connectivity index (χ1n) is 8.12. The molecule has 1 unspecified atom stereocenters. The van der Waals surface area contributed by atoms with Gasteiger partial charge in [-0.05, 0) is 66.3 Å². The number of benzene rings is 2. The van der Waals surface area contributed by atoms with Crippen molar-refractivity contribution in [2.45, 2.75) is 32.7 Å². The first-order chi connectivity index (χ1) is 11.5. The molecule has 1 N–H and O–H groups in total. The van der Waals surface area contributed by atoms with Crippen molar-refractivity contribution in [2.24, 2.45) is 0 Å². The van der Waals surface area contributed by atoms with Crippen LogP contribution < -0.4 is 5.32 Å². The fourth-order valence-electron chi connectivity index (χ4n) is 2.79. The average Bonchev–Trinajstić information content (AvgIpc) is 2.99. The molecule has 0 saturated heterocycles. The number of nitrogens with zero attached hydrogens (tertiary/aromatic N) is 1. The summed E-state index contributed by atoms with van der Waals surface area (Å²) in [6.45, 7) is 6.29. The molecular weight excluding hydrogens is 364 g/mol. The molecule has 0 radical (unpaired) electrons. The van der Waals surface area contributed by atoms with Crippen LogP contribution in [0.25, 0.3) is 10.9 Å². The highest BCUT2D eigenvalue weighted by Gasteiger charge is 2.17. The van der Waals surface area contributed by atoms with E-state index in [1.54, 1.807) is 0 Å². The molecule has 124 valence electrons. The lowest BCUT2D eigenvalue weighted by atomic mass is 10.0. The summed E-state index contributed by atoms with van der Waals surface area (Å²) in [5.74, 6) is 0.471. The van der Waals surface area contributed by atoms with Crippen molar-refractivity contribution in [3.63, 3.8) is 0 Å². The number of halogens is 1. The predicted octanol–water partition coefficient (Wildman–Crippen LogP) is 5.73. The van der Waals surface area contributed by atoms with E-state index in [0.717, 1.165) is 15.7 Å². The van der Waals surface area contributed by atoms with Crippen LogP contribution in [0.15, 0.2) is 59.2 Å². The molecule has 0 bridgehead atoms. The monoisotopic (exact) mass is 384 g/mol. The summed E-state index contributed by atoms with van der Waals surface area (Å²) < 4.78 is 3.01. The lowest BCUT2D eigenvalue weighted by Crippen LogP contribution is -2.23. The third-order valence-corrected chi connectivity index (χ3v) is 4.85. The SMILES string of the molecule is CC(C)c1ccc2c(ccn2C(C)C(=O)Nc2ccc(Br)cc2)c1.